The summed E-state index contributed by atoms with van der Waals surface area (Å²) in [5, 5.41) is 12.7. The number of hydrogen-bond donors (Lipinski definition) is 2. The van der Waals surface area contributed by atoms with Gasteiger partial charge in [-0.15, -0.1) is 0 Å². The Morgan fingerprint density at radius 2 is 1.63 bits per heavy atom. The molecule has 0 aromatic heterocycles. The minimum Gasteiger partial charge on any atom is -0.506 e. The molecule has 0 radical (unpaired) electrons. The van der Waals surface area contributed by atoms with Gasteiger partial charge >= 0.3 is 0 Å². The van der Waals surface area contributed by atoms with E-state index in [1.165, 1.54) is 5.56 Å². The molecule has 0 saturated heterocycles. The van der Waals surface area contributed by atoms with E-state index in [9.17, 15) is 9.90 Å². The van der Waals surface area contributed by atoms with Crippen molar-refractivity contribution >= 4 is 11.6 Å². The molecule has 2 aromatic carbocycles. The first kappa shape index (κ1) is 23.8. The number of nitrogens with one attached hydrogen (secondary N) is 1. The molecule has 0 aliphatic carbocycles. The molecule has 0 aliphatic heterocycles. The second kappa shape index (κ2) is 9.55. The van der Waals surface area contributed by atoms with Crippen LogP contribution in [0.1, 0.15) is 78.9 Å². The molecule has 4 heteroatoms. The molecule has 0 heterocycles. The number of carbonyl (C=O) groups excluding carboxylic acids is 1. The third-order valence-electron chi connectivity index (χ3n) is 6.35. The number of para-hydroxylation sites is 2. The van der Waals surface area contributed by atoms with E-state index in [2.05, 4.69) is 59.0 Å². The first-order valence-corrected chi connectivity index (χ1v) is 11.0. The summed E-state index contributed by atoms with van der Waals surface area (Å²) in [6, 6.07) is 13.1. The van der Waals surface area contributed by atoms with Crippen molar-refractivity contribution in [3.05, 3.63) is 53.6 Å². The maximum atomic E-state index is 12.9. The van der Waals surface area contributed by atoms with Gasteiger partial charge in [-0.2, -0.15) is 0 Å². The first-order chi connectivity index (χ1) is 14.1. The van der Waals surface area contributed by atoms with Crippen LogP contribution in [0, 0.1) is 0 Å². The van der Waals surface area contributed by atoms with Crippen LogP contribution in [-0.2, 0) is 15.6 Å². The standard InChI is InChI=1S/C26H37NO3/c1-8-22(24(29)27-20-13-11-12-14-21(20)28)30-23-16-15-18(25(4,5)9-2)17-19(23)26(6,7)10-3/h11-17,22,28H,8-10H2,1-7H3,(H,27,29). The molecule has 0 aliphatic rings. The largest absolute Gasteiger partial charge is 0.506 e. The Kier molecular flexibility index (Phi) is 7.57. The van der Waals surface area contributed by atoms with Crippen LogP contribution in [0.25, 0.3) is 0 Å². The van der Waals surface area contributed by atoms with Crippen LogP contribution in [0.4, 0.5) is 5.69 Å². The summed E-state index contributed by atoms with van der Waals surface area (Å²) in [5.41, 5.74) is 2.78. The van der Waals surface area contributed by atoms with E-state index in [0.29, 0.717) is 12.1 Å². The number of rotatable bonds is 9. The molecule has 2 aromatic rings. The number of benzene rings is 2. The zero-order valence-corrected chi connectivity index (χ0v) is 19.5. The summed E-state index contributed by atoms with van der Waals surface area (Å²) in [5.74, 6) is 0.522. The monoisotopic (exact) mass is 411 g/mol. The Morgan fingerprint density at radius 3 is 2.20 bits per heavy atom. The van der Waals surface area contributed by atoms with Gasteiger partial charge in [0.25, 0.3) is 5.91 Å². The Morgan fingerprint density at radius 1 is 1.00 bits per heavy atom. The van der Waals surface area contributed by atoms with Crippen molar-refractivity contribution in [3.8, 4) is 11.5 Å². The molecule has 4 nitrogen and oxygen atoms in total. The maximum absolute atomic E-state index is 12.9. The molecule has 164 valence electrons. The van der Waals surface area contributed by atoms with Crippen molar-refractivity contribution in [2.24, 2.45) is 0 Å². The SMILES string of the molecule is CCC(Oc1ccc(C(C)(C)CC)cc1C(C)(C)CC)C(=O)Nc1ccccc1O. The highest BCUT2D eigenvalue weighted by Gasteiger charge is 2.29. The molecule has 1 atom stereocenters. The third kappa shape index (κ3) is 5.35. The lowest BCUT2D eigenvalue weighted by Crippen LogP contribution is -2.33. The summed E-state index contributed by atoms with van der Waals surface area (Å²) in [6.45, 7) is 15.2. The predicted molar refractivity (Wildman–Crippen MR) is 125 cm³/mol. The van der Waals surface area contributed by atoms with Crippen LogP contribution in [0.15, 0.2) is 42.5 Å². The fraction of sp³-hybridized carbons (Fsp3) is 0.500. The number of ether oxygens (including phenoxy) is 1. The molecule has 0 fully saturated rings. The molecule has 1 amide bonds. The van der Waals surface area contributed by atoms with Crippen molar-refractivity contribution in [3.63, 3.8) is 0 Å². The normalized spacial score (nSPS) is 13.0. The summed E-state index contributed by atoms with van der Waals surface area (Å²) in [4.78, 5) is 12.9. The van der Waals surface area contributed by atoms with Gasteiger partial charge in [-0.05, 0) is 53.9 Å². The lowest BCUT2D eigenvalue weighted by Gasteiger charge is -2.31. The zero-order valence-electron chi connectivity index (χ0n) is 19.5. The van der Waals surface area contributed by atoms with Gasteiger partial charge < -0.3 is 15.2 Å². The Bertz CT molecular complexity index is 870. The quantitative estimate of drug-likeness (QED) is 0.459. The van der Waals surface area contributed by atoms with Gasteiger partial charge in [-0.1, -0.05) is 72.7 Å². The fourth-order valence-corrected chi connectivity index (χ4v) is 3.25. The fourth-order valence-electron chi connectivity index (χ4n) is 3.25. The van der Waals surface area contributed by atoms with Crippen LogP contribution in [0.5, 0.6) is 11.5 Å². The van der Waals surface area contributed by atoms with E-state index in [1.807, 2.05) is 13.0 Å². The van der Waals surface area contributed by atoms with Crippen molar-refractivity contribution in [2.75, 3.05) is 5.32 Å². The lowest BCUT2D eigenvalue weighted by atomic mass is 9.76. The third-order valence-corrected chi connectivity index (χ3v) is 6.35. The highest BCUT2D eigenvalue weighted by Crippen LogP contribution is 2.39. The van der Waals surface area contributed by atoms with Crippen molar-refractivity contribution in [1.82, 2.24) is 0 Å². The molecule has 0 bridgehead atoms. The van der Waals surface area contributed by atoms with Crippen LogP contribution in [-0.4, -0.2) is 17.1 Å². The maximum Gasteiger partial charge on any atom is 0.265 e. The molecule has 1 unspecified atom stereocenters. The molecule has 0 saturated carbocycles. The van der Waals surface area contributed by atoms with Gasteiger partial charge in [-0.3, -0.25) is 4.79 Å². The van der Waals surface area contributed by atoms with Crippen LogP contribution in [0.2, 0.25) is 0 Å². The topological polar surface area (TPSA) is 58.6 Å². The Hall–Kier alpha value is -2.49. The van der Waals surface area contributed by atoms with Gasteiger partial charge in [0.05, 0.1) is 5.69 Å². The zero-order chi connectivity index (χ0) is 22.5. The number of carbonyl (C=O) groups is 1. The summed E-state index contributed by atoms with van der Waals surface area (Å²) < 4.78 is 6.26. The minimum atomic E-state index is -0.652. The molecule has 0 spiro atoms. The van der Waals surface area contributed by atoms with E-state index in [4.69, 9.17) is 4.74 Å². The number of hydrogen-bond acceptors (Lipinski definition) is 3. The number of phenols is 1. The minimum absolute atomic E-state index is 0.0414. The van der Waals surface area contributed by atoms with Crippen LogP contribution < -0.4 is 10.1 Å². The average Bonchev–Trinajstić information content (AvgIpc) is 2.73. The number of aromatic hydroxyl groups is 1. The summed E-state index contributed by atoms with van der Waals surface area (Å²) >= 11 is 0. The van der Waals surface area contributed by atoms with E-state index in [1.54, 1.807) is 24.3 Å². The van der Waals surface area contributed by atoms with Gasteiger partial charge in [0, 0.05) is 5.56 Å². The first-order valence-electron chi connectivity index (χ1n) is 11.0. The molecule has 30 heavy (non-hydrogen) atoms. The highest BCUT2D eigenvalue weighted by atomic mass is 16.5. The number of phenolic OH excluding ortho intramolecular Hbond substituents is 1. The van der Waals surface area contributed by atoms with Crippen LogP contribution >= 0.6 is 0 Å². The smallest absolute Gasteiger partial charge is 0.265 e. The molecule has 2 rings (SSSR count). The lowest BCUT2D eigenvalue weighted by molar-refractivity contribution is -0.122. The number of amides is 1. The number of anilines is 1. The van der Waals surface area contributed by atoms with Gasteiger partial charge in [0.2, 0.25) is 0 Å². The van der Waals surface area contributed by atoms with Crippen molar-refractivity contribution in [2.45, 2.75) is 84.7 Å². The summed E-state index contributed by atoms with van der Waals surface area (Å²) in [6.07, 6.45) is 1.87. The van der Waals surface area contributed by atoms with E-state index < -0.39 is 6.10 Å². The van der Waals surface area contributed by atoms with Gasteiger partial charge in [0.1, 0.15) is 11.5 Å². The Balaban J connectivity index is 2.36. The average molecular weight is 412 g/mol. The van der Waals surface area contributed by atoms with Crippen molar-refractivity contribution < 1.29 is 14.6 Å². The van der Waals surface area contributed by atoms with E-state index >= 15 is 0 Å². The molecular weight excluding hydrogens is 374 g/mol. The molecular formula is C26H37NO3. The Labute approximate surface area is 181 Å². The van der Waals surface area contributed by atoms with Crippen molar-refractivity contribution in [1.29, 1.82) is 0 Å². The predicted octanol–water partition coefficient (Wildman–Crippen LogP) is 6.56. The highest BCUT2D eigenvalue weighted by molar-refractivity contribution is 5.95. The summed E-state index contributed by atoms with van der Waals surface area (Å²) in [7, 11) is 0. The van der Waals surface area contributed by atoms with Gasteiger partial charge in [0.15, 0.2) is 6.10 Å². The molecule has 2 N–H and O–H groups in total. The van der Waals surface area contributed by atoms with E-state index in [-0.39, 0.29) is 22.5 Å². The van der Waals surface area contributed by atoms with Crippen LogP contribution in [0.3, 0.4) is 0 Å². The van der Waals surface area contributed by atoms with E-state index in [0.717, 1.165) is 24.2 Å². The van der Waals surface area contributed by atoms with Gasteiger partial charge in [-0.25, -0.2) is 0 Å². The second-order valence-corrected chi connectivity index (χ2v) is 9.21. The second-order valence-electron chi connectivity index (χ2n) is 9.21.